The molecule has 2 aromatic heterocycles. The normalized spacial score (nSPS) is 13.7. The van der Waals surface area contributed by atoms with Gasteiger partial charge in [-0.3, -0.25) is 19.5 Å². The number of carbonyl (C=O) groups is 3. The highest BCUT2D eigenvalue weighted by Crippen LogP contribution is 2.39. The zero-order valence-electron chi connectivity index (χ0n) is 13.0. The van der Waals surface area contributed by atoms with Crippen LogP contribution in [0.25, 0.3) is 0 Å². The molecule has 0 unspecified atom stereocenters. The van der Waals surface area contributed by atoms with E-state index in [1.165, 1.54) is 12.3 Å². The SMILES string of the molecule is O=C(O)CCCC(=O)c1c[nH]c(C(=O)Nc2cc(C3CC3)n[nH]2)c1. The van der Waals surface area contributed by atoms with Gasteiger partial charge in [-0.15, -0.1) is 0 Å². The molecule has 24 heavy (non-hydrogen) atoms. The summed E-state index contributed by atoms with van der Waals surface area (Å²) in [5, 5.41) is 18.2. The van der Waals surface area contributed by atoms with Crippen molar-refractivity contribution in [3.8, 4) is 0 Å². The maximum absolute atomic E-state index is 12.2. The number of aromatic nitrogens is 3. The van der Waals surface area contributed by atoms with E-state index >= 15 is 0 Å². The Hall–Kier alpha value is -2.90. The van der Waals surface area contributed by atoms with Crippen molar-refractivity contribution in [2.24, 2.45) is 0 Å². The van der Waals surface area contributed by atoms with Gasteiger partial charge < -0.3 is 15.4 Å². The number of hydrogen-bond acceptors (Lipinski definition) is 4. The first-order valence-corrected chi connectivity index (χ1v) is 7.83. The fraction of sp³-hybridized carbons (Fsp3) is 0.375. The molecule has 8 heteroatoms. The molecule has 0 aliphatic heterocycles. The maximum atomic E-state index is 12.2. The van der Waals surface area contributed by atoms with E-state index in [2.05, 4.69) is 20.5 Å². The van der Waals surface area contributed by atoms with Crippen molar-refractivity contribution in [2.45, 2.75) is 38.0 Å². The van der Waals surface area contributed by atoms with Crippen LogP contribution < -0.4 is 5.32 Å². The number of carboxylic acids is 1. The molecule has 0 aromatic carbocycles. The van der Waals surface area contributed by atoms with Gasteiger partial charge in [0, 0.05) is 36.6 Å². The molecule has 1 saturated carbocycles. The van der Waals surface area contributed by atoms with Gasteiger partial charge in [0.05, 0.1) is 5.69 Å². The van der Waals surface area contributed by atoms with Crippen LogP contribution in [0.5, 0.6) is 0 Å². The van der Waals surface area contributed by atoms with Crippen molar-refractivity contribution < 1.29 is 19.5 Å². The topological polar surface area (TPSA) is 128 Å². The van der Waals surface area contributed by atoms with Crippen molar-refractivity contribution in [1.29, 1.82) is 0 Å². The summed E-state index contributed by atoms with van der Waals surface area (Å²) in [5.41, 5.74) is 1.58. The third kappa shape index (κ3) is 3.89. The van der Waals surface area contributed by atoms with Gasteiger partial charge in [-0.05, 0) is 25.3 Å². The predicted octanol–water partition coefficient (Wildman–Crippen LogP) is 2.31. The summed E-state index contributed by atoms with van der Waals surface area (Å²) in [6.45, 7) is 0. The van der Waals surface area contributed by atoms with Crippen LogP contribution in [0.3, 0.4) is 0 Å². The summed E-state index contributed by atoms with van der Waals surface area (Å²) in [5.74, 6) is -0.477. The molecule has 0 bridgehead atoms. The molecule has 8 nitrogen and oxygen atoms in total. The van der Waals surface area contributed by atoms with E-state index in [1.54, 1.807) is 0 Å². The lowest BCUT2D eigenvalue weighted by Gasteiger charge is -1.99. The van der Waals surface area contributed by atoms with Gasteiger partial charge >= 0.3 is 5.97 Å². The standard InChI is InChI=1S/C16H18N4O4/c21-13(2-1-3-15(22)23)10-6-12(17-8-10)16(24)18-14-7-11(19-20-14)9-4-5-9/h6-9,17H,1-5H2,(H,22,23)(H2,18,19,20,24). The number of aliphatic carboxylic acids is 1. The summed E-state index contributed by atoms with van der Waals surface area (Å²) in [4.78, 5) is 37.3. The molecule has 4 N–H and O–H groups in total. The number of carboxylic acid groups (broad SMARTS) is 1. The molecule has 1 aliphatic rings. The molecule has 1 amide bonds. The minimum atomic E-state index is -0.929. The number of H-pyrrole nitrogens is 2. The van der Waals surface area contributed by atoms with Crippen LogP contribution in [0.15, 0.2) is 18.3 Å². The summed E-state index contributed by atoms with van der Waals surface area (Å²) in [6.07, 6.45) is 4.08. The van der Waals surface area contributed by atoms with Crippen molar-refractivity contribution >= 4 is 23.5 Å². The number of aromatic amines is 2. The van der Waals surface area contributed by atoms with E-state index in [4.69, 9.17) is 5.11 Å². The predicted molar refractivity (Wildman–Crippen MR) is 85.1 cm³/mol. The Labute approximate surface area is 137 Å². The Morgan fingerprint density at radius 1 is 1.25 bits per heavy atom. The molecule has 0 saturated heterocycles. The third-order valence-corrected chi connectivity index (χ3v) is 3.89. The Balaban J connectivity index is 1.56. The number of rotatable bonds is 8. The second-order valence-corrected chi connectivity index (χ2v) is 5.91. The Morgan fingerprint density at radius 3 is 2.75 bits per heavy atom. The first-order chi connectivity index (χ1) is 11.5. The molecular formula is C16H18N4O4. The van der Waals surface area contributed by atoms with E-state index in [9.17, 15) is 14.4 Å². The minimum absolute atomic E-state index is 0.0490. The van der Waals surface area contributed by atoms with Gasteiger partial charge in [0.1, 0.15) is 11.5 Å². The molecule has 1 fully saturated rings. The number of nitrogens with zero attached hydrogens (tertiary/aromatic N) is 1. The highest BCUT2D eigenvalue weighted by atomic mass is 16.4. The number of amides is 1. The van der Waals surface area contributed by atoms with Gasteiger partial charge in [0.2, 0.25) is 0 Å². The first-order valence-electron chi connectivity index (χ1n) is 7.83. The van der Waals surface area contributed by atoms with Crippen molar-refractivity contribution in [3.63, 3.8) is 0 Å². The highest BCUT2D eigenvalue weighted by Gasteiger charge is 2.26. The first kappa shape index (κ1) is 16.0. The van der Waals surface area contributed by atoms with Crippen LogP contribution in [0, 0.1) is 0 Å². The summed E-state index contributed by atoms with van der Waals surface area (Å²) >= 11 is 0. The zero-order chi connectivity index (χ0) is 17.1. The molecule has 0 atom stereocenters. The van der Waals surface area contributed by atoms with E-state index in [0.29, 0.717) is 17.3 Å². The number of anilines is 1. The summed E-state index contributed by atoms with van der Waals surface area (Å²) in [7, 11) is 0. The number of carbonyl (C=O) groups excluding carboxylic acids is 2. The average Bonchev–Trinajstić information content (AvgIpc) is 3.08. The minimum Gasteiger partial charge on any atom is -0.481 e. The molecule has 2 heterocycles. The maximum Gasteiger partial charge on any atom is 0.303 e. The molecule has 1 aliphatic carbocycles. The van der Waals surface area contributed by atoms with E-state index in [-0.39, 0.29) is 36.6 Å². The van der Waals surface area contributed by atoms with Crippen LogP contribution in [0.4, 0.5) is 5.82 Å². The van der Waals surface area contributed by atoms with E-state index < -0.39 is 5.97 Å². The highest BCUT2D eigenvalue weighted by molar-refractivity contribution is 6.05. The van der Waals surface area contributed by atoms with Gasteiger partial charge in [-0.2, -0.15) is 5.10 Å². The largest absolute Gasteiger partial charge is 0.481 e. The lowest BCUT2D eigenvalue weighted by atomic mass is 10.1. The van der Waals surface area contributed by atoms with Crippen LogP contribution in [-0.4, -0.2) is 37.9 Å². The van der Waals surface area contributed by atoms with E-state index in [0.717, 1.165) is 18.5 Å². The molecule has 126 valence electrons. The van der Waals surface area contributed by atoms with Crippen LogP contribution in [0.1, 0.15) is 64.6 Å². The molecule has 0 radical (unpaired) electrons. The zero-order valence-corrected chi connectivity index (χ0v) is 13.0. The van der Waals surface area contributed by atoms with Crippen molar-refractivity contribution in [2.75, 3.05) is 5.32 Å². The molecule has 3 rings (SSSR count). The summed E-state index contributed by atoms with van der Waals surface area (Å²) in [6, 6.07) is 3.28. The lowest BCUT2D eigenvalue weighted by molar-refractivity contribution is -0.137. The van der Waals surface area contributed by atoms with Crippen LogP contribution in [0.2, 0.25) is 0 Å². The van der Waals surface area contributed by atoms with Gasteiger partial charge in [0.25, 0.3) is 5.91 Å². The van der Waals surface area contributed by atoms with Crippen LogP contribution in [-0.2, 0) is 4.79 Å². The number of ketones is 1. The fourth-order valence-corrected chi connectivity index (χ4v) is 2.41. The lowest BCUT2D eigenvalue weighted by Crippen LogP contribution is -2.12. The molecular weight excluding hydrogens is 312 g/mol. The van der Waals surface area contributed by atoms with Crippen molar-refractivity contribution in [3.05, 3.63) is 35.3 Å². The Bertz CT molecular complexity index is 773. The number of Topliss-reactive ketones (excluding diaryl/α,β-unsaturated/α-hetero) is 1. The van der Waals surface area contributed by atoms with Crippen LogP contribution >= 0.6 is 0 Å². The quantitative estimate of drug-likeness (QED) is 0.552. The smallest absolute Gasteiger partial charge is 0.303 e. The monoisotopic (exact) mass is 330 g/mol. The summed E-state index contributed by atoms with van der Waals surface area (Å²) < 4.78 is 0. The van der Waals surface area contributed by atoms with Gasteiger partial charge in [-0.25, -0.2) is 0 Å². The van der Waals surface area contributed by atoms with Crippen molar-refractivity contribution in [1.82, 2.24) is 15.2 Å². The van der Waals surface area contributed by atoms with Gasteiger partial charge in [-0.1, -0.05) is 0 Å². The second-order valence-electron chi connectivity index (χ2n) is 5.91. The Morgan fingerprint density at radius 2 is 2.04 bits per heavy atom. The van der Waals surface area contributed by atoms with E-state index in [1.807, 2.05) is 6.07 Å². The Kier molecular flexibility index (Phi) is 4.45. The average molecular weight is 330 g/mol. The molecule has 0 spiro atoms. The van der Waals surface area contributed by atoms with Gasteiger partial charge in [0.15, 0.2) is 5.78 Å². The molecule has 2 aromatic rings. The number of hydrogen-bond donors (Lipinski definition) is 4. The number of nitrogens with one attached hydrogen (secondary N) is 3. The third-order valence-electron chi connectivity index (χ3n) is 3.89. The fourth-order valence-electron chi connectivity index (χ4n) is 2.41. The second kappa shape index (κ2) is 6.69.